The number of carbonyl (C=O) groups excluding carboxylic acids is 1. The number of nitro benzene ring substituents is 1. The van der Waals surface area contributed by atoms with Crippen LogP contribution in [0.15, 0.2) is 18.2 Å². The lowest BCUT2D eigenvalue weighted by atomic mass is 10.1. The molecule has 104 valence electrons. The molecule has 0 aliphatic carbocycles. The van der Waals surface area contributed by atoms with Gasteiger partial charge in [0.05, 0.1) is 16.6 Å². The standard InChI is InChI=1S/C12H14ClFN2O3/c1-7(13)5-8(2)15-12(17)10-4-3-9(16(18)19)6-11(10)14/h3-4,6-8H,5H2,1-2H3,(H,15,17). The number of halogens is 2. The van der Waals surface area contributed by atoms with E-state index in [1.165, 1.54) is 0 Å². The number of amides is 1. The molecule has 5 nitrogen and oxygen atoms in total. The third-order valence-electron chi connectivity index (χ3n) is 2.46. The Hall–Kier alpha value is -1.69. The summed E-state index contributed by atoms with van der Waals surface area (Å²) in [5, 5.41) is 12.9. The van der Waals surface area contributed by atoms with Crippen LogP contribution in [0.2, 0.25) is 0 Å². The number of hydrogen-bond donors (Lipinski definition) is 1. The summed E-state index contributed by atoms with van der Waals surface area (Å²) >= 11 is 5.79. The van der Waals surface area contributed by atoms with Crippen molar-refractivity contribution in [3.63, 3.8) is 0 Å². The smallest absolute Gasteiger partial charge is 0.272 e. The zero-order valence-electron chi connectivity index (χ0n) is 10.5. The SMILES string of the molecule is CC(Cl)CC(C)NC(=O)c1ccc([N+](=O)[O-])cc1F. The number of nitrogens with one attached hydrogen (secondary N) is 1. The largest absolute Gasteiger partial charge is 0.349 e. The van der Waals surface area contributed by atoms with Crippen LogP contribution in [0.4, 0.5) is 10.1 Å². The minimum absolute atomic E-state index is 0.114. The summed E-state index contributed by atoms with van der Waals surface area (Å²) in [5.41, 5.74) is -0.615. The second kappa shape index (κ2) is 6.47. The highest BCUT2D eigenvalue weighted by Gasteiger charge is 2.18. The van der Waals surface area contributed by atoms with E-state index in [9.17, 15) is 19.3 Å². The lowest BCUT2D eigenvalue weighted by Gasteiger charge is -2.15. The van der Waals surface area contributed by atoms with Gasteiger partial charge in [0.15, 0.2) is 0 Å². The molecule has 0 aliphatic rings. The first-order valence-corrected chi connectivity index (χ1v) is 6.13. The van der Waals surface area contributed by atoms with Gasteiger partial charge in [0.25, 0.3) is 11.6 Å². The molecule has 0 spiro atoms. The van der Waals surface area contributed by atoms with Crippen molar-refractivity contribution in [2.45, 2.75) is 31.7 Å². The van der Waals surface area contributed by atoms with Crippen LogP contribution in [-0.2, 0) is 0 Å². The van der Waals surface area contributed by atoms with E-state index >= 15 is 0 Å². The van der Waals surface area contributed by atoms with Crippen LogP contribution in [0.3, 0.4) is 0 Å². The molecule has 1 rings (SSSR count). The van der Waals surface area contributed by atoms with E-state index in [1.807, 2.05) is 0 Å². The molecule has 1 aromatic carbocycles. The fourth-order valence-corrected chi connectivity index (χ4v) is 1.92. The van der Waals surface area contributed by atoms with Crippen LogP contribution in [0.1, 0.15) is 30.6 Å². The second-order valence-electron chi connectivity index (χ2n) is 4.31. The van der Waals surface area contributed by atoms with Gasteiger partial charge in [0.2, 0.25) is 0 Å². The summed E-state index contributed by atoms with van der Waals surface area (Å²) in [5.74, 6) is -1.53. The number of benzene rings is 1. The number of alkyl halides is 1. The molecule has 7 heteroatoms. The maximum atomic E-state index is 13.6. The summed E-state index contributed by atoms with van der Waals surface area (Å²) in [6.45, 7) is 3.54. The number of non-ortho nitro benzene ring substituents is 1. The molecule has 19 heavy (non-hydrogen) atoms. The van der Waals surface area contributed by atoms with Crippen LogP contribution in [0.25, 0.3) is 0 Å². The molecule has 0 heterocycles. The number of nitro groups is 1. The minimum atomic E-state index is -0.919. The van der Waals surface area contributed by atoms with Crippen LogP contribution in [0.5, 0.6) is 0 Å². The highest BCUT2D eigenvalue weighted by atomic mass is 35.5. The molecule has 0 fully saturated rings. The molecular weight excluding hydrogens is 275 g/mol. The minimum Gasteiger partial charge on any atom is -0.349 e. The Morgan fingerprint density at radius 2 is 2.16 bits per heavy atom. The average Bonchev–Trinajstić information content (AvgIpc) is 2.26. The van der Waals surface area contributed by atoms with Gasteiger partial charge in [-0.1, -0.05) is 0 Å². The van der Waals surface area contributed by atoms with E-state index in [2.05, 4.69) is 5.32 Å². The summed E-state index contributed by atoms with van der Waals surface area (Å²) in [7, 11) is 0. The molecule has 0 radical (unpaired) electrons. The molecule has 0 bridgehead atoms. The van der Waals surface area contributed by atoms with Gasteiger partial charge < -0.3 is 5.32 Å². The van der Waals surface area contributed by atoms with E-state index in [0.717, 1.165) is 18.2 Å². The maximum Gasteiger partial charge on any atom is 0.272 e. The maximum absolute atomic E-state index is 13.6. The van der Waals surface area contributed by atoms with Crippen LogP contribution >= 0.6 is 11.6 Å². The summed E-state index contributed by atoms with van der Waals surface area (Å²) in [6.07, 6.45) is 0.544. The van der Waals surface area contributed by atoms with Crippen molar-refractivity contribution in [1.82, 2.24) is 5.32 Å². The van der Waals surface area contributed by atoms with Crippen molar-refractivity contribution in [3.05, 3.63) is 39.7 Å². The monoisotopic (exact) mass is 288 g/mol. The third kappa shape index (κ3) is 4.48. The normalized spacial score (nSPS) is 13.7. The van der Waals surface area contributed by atoms with Crippen molar-refractivity contribution in [1.29, 1.82) is 0 Å². The van der Waals surface area contributed by atoms with Crippen molar-refractivity contribution >= 4 is 23.2 Å². The molecule has 0 aliphatic heterocycles. The first-order valence-electron chi connectivity index (χ1n) is 5.70. The van der Waals surface area contributed by atoms with Crippen LogP contribution in [-0.4, -0.2) is 22.2 Å². The van der Waals surface area contributed by atoms with E-state index in [-0.39, 0.29) is 17.0 Å². The predicted molar refractivity (Wildman–Crippen MR) is 69.9 cm³/mol. The third-order valence-corrected chi connectivity index (χ3v) is 2.64. The molecule has 2 atom stereocenters. The Bertz CT molecular complexity index is 494. The van der Waals surface area contributed by atoms with Gasteiger partial charge in [-0.2, -0.15) is 0 Å². The summed E-state index contributed by atoms with van der Waals surface area (Å²) in [6, 6.07) is 2.70. The van der Waals surface area contributed by atoms with Gasteiger partial charge in [0.1, 0.15) is 5.82 Å². The average molecular weight is 289 g/mol. The Morgan fingerprint density at radius 1 is 1.53 bits per heavy atom. The van der Waals surface area contributed by atoms with Crippen LogP contribution in [0, 0.1) is 15.9 Å². The number of nitrogens with zero attached hydrogens (tertiary/aromatic N) is 1. The van der Waals surface area contributed by atoms with Gasteiger partial charge in [-0.25, -0.2) is 4.39 Å². The Kier molecular flexibility index (Phi) is 5.23. The highest BCUT2D eigenvalue weighted by Crippen LogP contribution is 2.16. The van der Waals surface area contributed by atoms with E-state index in [4.69, 9.17) is 11.6 Å². The van der Waals surface area contributed by atoms with E-state index in [0.29, 0.717) is 6.42 Å². The first kappa shape index (κ1) is 15.4. The molecular formula is C12H14ClFN2O3. The molecule has 0 saturated heterocycles. The quantitative estimate of drug-likeness (QED) is 0.514. The Labute approximate surface area is 114 Å². The van der Waals surface area contributed by atoms with Crippen LogP contribution < -0.4 is 5.32 Å². The van der Waals surface area contributed by atoms with Crippen molar-refractivity contribution in [3.8, 4) is 0 Å². The van der Waals surface area contributed by atoms with E-state index in [1.54, 1.807) is 13.8 Å². The summed E-state index contributed by atoms with van der Waals surface area (Å²) < 4.78 is 13.6. The lowest BCUT2D eigenvalue weighted by molar-refractivity contribution is -0.385. The predicted octanol–water partition coefficient (Wildman–Crippen LogP) is 2.87. The zero-order chi connectivity index (χ0) is 14.6. The molecule has 2 unspecified atom stereocenters. The van der Waals surface area contributed by atoms with Crippen molar-refractivity contribution < 1.29 is 14.1 Å². The molecule has 1 aromatic rings. The molecule has 1 N–H and O–H groups in total. The van der Waals surface area contributed by atoms with Gasteiger partial charge >= 0.3 is 0 Å². The number of rotatable bonds is 5. The van der Waals surface area contributed by atoms with Crippen molar-refractivity contribution in [2.75, 3.05) is 0 Å². The van der Waals surface area contributed by atoms with Gasteiger partial charge in [-0.15, -0.1) is 11.6 Å². The molecule has 1 amide bonds. The Balaban J connectivity index is 2.80. The zero-order valence-corrected chi connectivity index (χ0v) is 11.3. The van der Waals surface area contributed by atoms with Gasteiger partial charge in [0, 0.05) is 17.5 Å². The molecule has 0 aromatic heterocycles. The highest BCUT2D eigenvalue weighted by molar-refractivity contribution is 6.20. The number of carbonyl (C=O) groups is 1. The van der Waals surface area contributed by atoms with Crippen molar-refractivity contribution in [2.24, 2.45) is 0 Å². The van der Waals surface area contributed by atoms with E-state index < -0.39 is 22.3 Å². The topological polar surface area (TPSA) is 72.2 Å². The second-order valence-corrected chi connectivity index (χ2v) is 5.06. The lowest BCUT2D eigenvalue weighted by Crippen LogP contribution is -2.34. The van der Waals surface area contributed by atoms with Gasteiger partial charge in [-0.05, 0) is 26.3 Å². The fourth-order valence-electron chi connectivity index (χ4n) is 1.65. The first-order chi connectivity index (χ1) is 8.81. The number of hydrogen-bond acceptors (Lipinski definition) is 3. The summed E-state index contributed by atoms with van der Waals surface area (Å²) in [4.78, 5) is 21.5. The Morgan fingerprint density at radius 3 is 2.63 bits per heavy atom. The molecule has 0 saturated carbocycles. The fraction of sp³-hybridized carbons (Fsp3) is 0.417. The van der Waals surface area contributed by atoms with Gasteiger partial charge in [-0.3, -0.25) is 14.9 Å².